The van der Waals surface area contributed by atoms with Crippen LogP contribution in [0.4, 0.5) is 5.82 Å². The molecule has 0 atom stereocenters. The Morgan fingerprint density at radius 3 is 2.33 bits per heavy atom. The molecule has 1 aromatic heterocycles. The normalized spacial score (nSPS) is 11.3. The summed E-state index contributed by atoms with van der Waals surface area (Å²) in [6, 6.07) is 12.3. The third kappa shape index (κ3) is 2.35. The van der Waals surface area contributed by atoms with Crippen molar-refractivity contribution in [3.63, 3.8) is 0 Å². The third-order valence-corrected chi connectivity index (χ3v) is 3.16. The number of rotatable bonds is 3. The summed E-state index contributed by atoms with van der Waals surface area (Å²) in [4.78, 5) is 9.16. The van der Waals surface area contributed by atoms with E-state index < -0.39 is 0 Å². The maximum absolute atomic E-state index is 4.58. The van der Waals surface area contributed by atoms with Crippen LogP contribution in [-0.4, -0.2) is 17.0 Å². The molecule has 3 heteroatoms. The van der Waals surface area contributed by atoms with E-state index in [2.05, 4.69) is 41.3 Å². The highest BCUT2D eigenvalue weighted by Gasteiger charge is 2.26. The molecule has 3 nitrogen and oxygen atoms in total. The van der Waals surface area contributed by atoms with Gasteiger partial charge in [-0.25, -0.2) is 9.97 Å². The SMILES string of the molecule is CNc1cc(C)nc(C(C)(C)c2ccccc2)n1. The standard InChI is InChI=1S/C15H19N3/c1-11-10-13(16-4)18-14(17-11)15(2,3)12-8-6-5-7-9-12/h5-10H,1-4H3,(H,16,17,18). The fourth-order valence-electron chi connectivity index (χ4n) is 1.96. The van der Waals surface area contributed by atoms with E-state index >= 15 is 0 Å². The first kappa shape index (κ1) is 12.6. The molecule has 0 saturated heterocycles. The molecule has 1 N–H and O–H groups in total. The molecule has 1 aromatic carbocycles. The van der Waals surface area contributed by atoms with E-state index in [0.717, 1.165) is 17.3 Å². The van der Waals surface area contributed by atoms with E-state index in [4.69, 9.17) is 0 Å². The molecule has 0 aliphatic heterocycles. The summed E-state index contributed by atoms with van der Waals surface area (Å²) >= 11 is 0. The van der Waals surface area contributed by atoms with Gasteiger partial charge in [0.25, 0.3) is 0 Å². The molecular formula is C15H19N3. The first-order valence-electron chi connectivity index (χ1n) is 6.13. The minimum atomic E-state index is -0.196. The molecule has 0 fully saturated rings. The molecule has 0 bridgehead atoms. The molecule has 0 unspecified atom stereocenters. The van der Waals surface area contributed by atoms with Crippen molar-refractivity contribution in [3.05, 3.63) is 53.5 Å². The molecule has 0 radical (unpaired) electrons. The van der Waals surface area contributed by atoms with E-state index in [0.29, 0.717) is 0 Å². The van der Waals surface area contributed by atoms with Gasteiger partial charge in [-0.1, -0.05) is 30.3 Å². The van der Waals surface area contributed by atoms with Gasteiger partial charge >= 0.3 is 0 Å². The smallest absolute Gasteiger partial charge is 0.140 e. The van der Waals surface area contributed by atoms with Gasteiger partial charge in [0.1, 0.15) is 11.6 Å². The summed E-state index contributed by atoms with van der Waals surface area (Å²) in [6.45, 7) is 6.29. The summed E-state index contributed by atoms with van der Waals surface area (Å²) in [5.41, 5.74) is 2.00. The van der Waals surface area contributed by atoms with Crippen molar-refractivity contribution in [2.75, 3.05) is 12.4 Å². The molecule has 0 aliphatic rings. The zero-order valence-corrected chi connectivity index (χ0v) is 11.4. The van der Waals surface area contributed by atoms with E-state index in [1.807, 2.05) is 38.2 Å². The van der Waals surface area contributed by atoms with Gasteiger partial charge in [-0.05, 0) is 26.3 Å². The van der Waals surface area contributed by atoms with Crippen molar-refractivity contribution in [1.82, 2.24) is 9.97 Å². The van der Waals surface area contributed by atoms with Crippen LogP contribution in [0.15, 0.2) is 36.4 Å². The third-order valence-electron chi connectivity index (χ3n) is 3.16. The molecule has 0 aliphatic carbocycles. The number of benzene rings is 1. The minimum Gasteiger partial charge on any atom is -0.373 e. The van der Waals surface area contributed by atoms with Crippen LogP contribution in [0.1, 0.15) is 30.9 Å². The van der Waals surface area contributed by atoms with Crippen LogP contribution in [0.25, 0.3) is 0 Å². The highest BCUT2D eigenvalue weighted by Crippen LogP contribution is 2.29. The second-order valence-electron chi connectivity index (χ2n) is 4.96. The summed E-state index contributed by atoms with van der Waals surface area (Å²) in [6.07, 6.45) is 0. The van der Waals surface area contributed by atoms with Gasteiger partial charge in [0.2, 0.25) is 0 Å². The zero-order valence-electron chi connectivity index (χ0n) is 11.4. The van der Waals surface area contributed by atoms with Crippen LogP contribution in [0.3, 0.4) is 0 Å². The average Bonchev–Trinajstić information content (AvgIpc) is 2.39. The lowest BCUT2D eigenvalue weighted by Crippen LogP contribution is -2.23. The average molecular weight is 241 g/mol. The van der Waals surface area contributed by atoms with Crippen LogP contribution in [0.5, 0.6) is 0 Å². The lowest BCUT2D eigenvalue weighted by atomic mass is 9.83. The number of anilines is 1. The predicted octanol–water partition coefficient (Wildman–Crippen LogP) is 3.15. The largest absolute Gasteiger partial charge is 0.373 e. The Hall–Kier alpha value is -1.90. The van der Waals surface area contributed by atoms with Crippen molar-refractivity contribution < 1.29 is 0 Å². The molecular weight excluding hydrogens is 222 g/mol. The van der Waals surface area contributed by atoms with Crippen LogP contribution in [0, 0.1) is 6.92 Å². The van der Waals surface area contributed by atoms with Crippen LogP contribution in [-0.2, 0) is 5.41 Å². The van der Waals surface area contributed by atoms with Crippen LogP contribution in [0.2, 0.25) is 0 Å². The first-order valence-corrected chi connectivity index (χ1v) is 6.13. The minimum absolute atomic E-state index is 0.196. The van der Waals surface area contributed by atoms with Gasteiger partial charge in [0.05, 0.1) is 0 Å². The predicted molar refractivity (Wildman–Crippen MR) is 74.9 cm³/mol. The summed E-state index contributed by atoms with van der Waals surface area (Å²) < 4.78 is 0. The molecule has 0 spiro atoms. The Labute approximate surface area is 108 Å². The Balaban J connectivity index is 2.50. The monoisotopic (exact) mass is 241 g/mol. The lowest BCUT2D eigenvalue weighted by molar-refractivity contribution is 0.588. The van der Waals surface area contributed by atoms with Crippen LogP contribution < -0.4 is 5.32 Å². The molecule has 0 saturated carbocycles. The van der Waals surface area contributed by atoms with E-state index in [-0.39, 0.29) is 5.41 Å². The maximum atomic E-state index is 4.58. The number of nitrogens with one attached hydrogen (secondary N) is 1. The maximum Gasteiger partial charge on any atom is 0.140 e. The van der Waals surface area contributed by atoms with Crippen molar-refractivity contribution in [2.45, 2.75) is 26.2 Å². The van der Waals surface area contributed by atoms with Gasteiger partial charge in [0.15, 0.2) is 0 Å². The van der Waals surface area contributed by atoms with E-state index in [1.54, 1.807) is 0 Å². The number of aryl methyl sites for hydroxylation is 1. The fourth-order valence-corrected chi connectivity index (χ4v) is 1.96. The molecule has 0 amide bonds. The quantitative estimate of drug-likeness (QED) is 0.897. The second-order valence-corrected chi connectivity index (χ2v) is 4.96. The molecule has 2 aromatic rings. The van der Waals surface area contributed by atoms with Crippen LogP contribution >= 0.6 is 0 Å². The molecule has 94 valence electrons. The van der Waals surface area contributed by atoms with Gasteiger partial charge in [-0.3, -0.25) is 0 Å². The van der Waals surface area contributed by atoms with Gasteiger partial charge in [0, 0.05) is 24.2 Å². The summed E-state index contributed by atoms with van der Waals surface area (Å²) in [7, 11) is 1.88. The van der Waals surface area contributed by atoms with Gasteiger partial charge in [-0.2, -0.15) is 0 Å². The van der Waals surface area contributed by atoms with Crippen molar-refractivity contribution >= 4 is 5.82 Å². The highest BCUT2D eigenvalue weighted by atomic mass is 15.0. The van der Waals surface area contributed by atoms with Gasteiger partial charge < -0.3 is 5.32 Å². The molecule has 18 heavy (non-hydrogen) atoms. The van der Waals surface area contributed by atoms with Gasteiger partial charge in [-0.15, -0.1) is 0 Å². The Bertz CT molecular complexity index is 533. The fraction of sp³-hybridized carbons (Fsp3) is 0.333. The number of aromatic nitrogens is 2. The Morgan fingerprint density at radius 1 is 1.06 bits per heavy atom. The molecule has 2 rings (SSSR count). The zero-order chi connectivity index (χ0) is 13.2. The first-order chi connectivity index (χ1) is 8.54. The number of hydrogen-bond acceptors (Lipinski definition) is 3. The molecule has 1 heterocycles. The van der Waals surface area contributed by atoms with Crippen molar-refractivity contribution in [3.8, 4) is 0 Å². The number of hydrogen-bond donors (Lipinski definition) is 1. The van der Waals surface area contributed by atoms with Crippen molar-refractivity contribution in [1.29, 1.82) is 0 Å². The lowest BCUT2D eigenvalue weighted by Gasteiger charge is -2.24. The topological polar surface area (TPSA) is 37.8 Å². The van der Waals surface area contributed by atoms with E-state index in [1.165, 1.54) is 5.56 Å². The Kier molecular flexibility index (Phi) is 3.32. The van der Waals surface area contributed by atoms with E-state index in [9.17, 15) is 0 Å². The Morgan fingerprint density at radius 2 is 1.72 bits per heavy atom. The second kappa shape index (κ2) is 4.77. The highest BCUT2D eigenvalue weighted by molar-refractivity contribution is 5.39. The van der Waals surface area contributed by atoms with Crippen molar-refractivity contribution in [2.24, 2.45) is 0 Å². The summed E-state index contributed by atoms with van der Waals surface area (Å²) in [5.74, 6) is 1.71. The summed E-state index contributed by atoms with van der Waals surface area (Å²) in [5, 5.41) is 3.08. The number of nitrogens with zero attached hydrogens (tertiary/aromatic N) is 2.